The maximum absolute atomic E-state index is 14.5. The zero-order valence-corrected chi connectivity index (χ0v) is 12.6. The second kappa shape index (κ2) is 5.09. The molecule has 3 heterocycles. The second-order valence-corrected chi connectivity index (χ2v) is 5.47. The minimum absolute atomic E-state index is 0.00425. The maximum Gasteiger partial charge on any atom is 0.355 e. The molecule has 0 radical (unpaired) electrons. The number of rotatable bonds is 2. The van der Waals surface area contributed by atoms with E-state index in [1.54, 1.807) is 6.08 Å². The monoisotopic (exact) mass is 349 g/mol. The van der Waals surface area contributed by atoms with Gasteiger partial charge in [0, 0.05) is 23.5 Å². The molecule has 0 fully saturated rings. The Bertz CT molecular complexity index is 953. The topological polar surface area (TPSA) is 122 Å². The molecule has 2 aliphatic heterocycles. The van der Waals surface area contributed by atoms with E-state index in [0.29, 0.717) is 5.52 Å². The molecule has 11 heteroatoms. The fourth-order valence-electron chi connectivity index (χ4n) is 2.32. The molecular weight excluding hydrogens is 341 g/mol. The van der Waals surface area contributed by atoms with E-state index in [0.717, 1.165) is 0 Å². The van der Waals surface area contributed by atoms with E-state index in [-0.39, 0.29) is 22.1 Å². The van der Waals surface area contributed by atoms with Crippen molar-refractivity contribution in [2.45, 2.75) is 5.66 Å². The Kier molecular flexibility index (Phi) is 3.13. The summed E-state index contributed by atoms with van der Waals surface area (Å²) >= 11 is 5.95. The quantitative estimate of drug-likeness (QED) is 0.539. The molecule has 0 bridgehead atoms. The van der Waals surface area contributed by atoms with E-state index in [4.69, 9.17) is 22.1 Å². The number of hydrogen-bond acceptors (Lipinski definition) is 8. The van der Waals surface area contributed by atoms with E-state index in [1.807, 2.05) is 0 Å². The Morgan fingerprint density at radius 3 is 3.04 bits per heavy atom. The lowest BCUT2D eigenvalue weighted by Crippen LogP contribution is -2.61. The third-order valence-corrected chi connectivity index (χ3v) is 3.68. The molecule has 2 aromatic rings. The van der Waals surface area contributed by atoms with Crippen LogP contribution in [0.5, 0.6) is 5.75 Å². The van der Waals surface area contributed by atoms with Crippen molar-refractivity contribution in [3.05, 3.63) is 41.1 Å². The van der Waals surface area contributed by atoms with Gasteiger partial charge in [0.25, 0.3) is 0 Å². The van der Waals surface area contributed by atoms with Gasteiger partial charge in [0.2, 0.25) is 5.66 Å². The van der Waals surface area contributed by atoms with Gasteiger partial charge in [0.15, 0.2) is 22.9 Å². The van der Waals surface area contributed by atoms with Crippen LogP contribution in [0.25, 0.3) is 11.0 Å². The summed E-state index contributed by atoms with van der Waals surface area (Å²) in [6.45, 7) is 0. The molecule has 9 nitrogen and oxygen atoms in total. The number of halogens is 2. The van der Waals surface area contributed by atoms with Crippen LogP contribution >= 0.6 is 11.6 Å². The summed E-state index contributed by atoms with van der Waals surface area (Å²) in [5, 5.41) is 11.6. The number of allylic oxidation sites excluding steroid dienone is 1. The average Bonchev–Trinajstić information content (AvgIpc) is 3.12. The number of H-pyrrole nitrogens is 1. The van der Waals surface area contributed by atoms with E-state index in [2.05, 4.69) is 25.8 Å². The summed E-state index contributed by atoms with van der Waals surface area (Å²) in [4.78, 5) is 16.3. The number of aromatic amines is 1. The van der Waals surface area contributed by atoms with Gasteiger partial charge >= 0.3 is 5.97 Å². The van der Waals surface area contributed by atoms with Crippen molar-refractivity contribution in [3.63, 3.8) is 0 Å². The zero-order valence-electron chi connectivity index (χ0n) is 11.8. The van der Waals surface area contributed by atoms with Crippen LogP contribution < -0.4 is 15.9 Å². The lowest BCUT2D eigenvalue weighted by Gasteiger charge is -2.24. The van der Waals surface area contributed by atoms with E-state index in [9.17, 15) is 9.18 Å². The predicted molar refractivity (Wildman–Crippen MR) is 82.2 cm³/mol. The minimum Gasteiger partial charge on any atom is -0.421 e. The molecule has 1 aromatic carbocycles. The highest BCUT2D eigenvalue weighted by Crippen LogP contribution is 2.32. The molecule has 4 N–H and O–H groups in total. The number of hydrazine groups is 1. The number of nitrogens with two attached hydrogens (primary N) is 1. The number of aromatic nitrogens is 3. The fourth-order valence-corrected chi connectivity index (χ4v) is 2.52. The summed E-state index contributed by atoms with van der Waals surface area (Å²) in [5.41, 5.74) is 6.80. The van der Waals surface area contributed by atoms with Crippen LogP contribution in [0.2, 0.25) is 5.02 Å². The summed E-state index contributed by atoms with van der Waals surface area (Å²) in [6.07, 6.45) is 4.40. The molecule has 2 aliphatic rings. The number of carbonyl (C=O) groups excluding carboxylic acids is 1. The van der Waals surface area contributed by atoms with Crippen LogP contribution in [-0.2, 0) is 4.79 Å². The van der Waals surface area contributed by atoms with Gasteiger partial charge in [-0.3, -0.25) is 10.7 Å². The van der Waals surface area contributed by atoms with E-state index < -0.39 is 17.5 Å². The summed E-state index contributed by atoms with van der Waals surface area (Å²) in [7, 11) is 0. The smallest absolute Gasteiger partial charge is 0.355 e. The number of nitrogens with zero attached hydrogens (tertiary/aromatic N) is 4. The van der Waals surface area contributed by atoms with Crippen molar-refractivity contribution in [2.24, 2.45) is 10.7 Å². The van der Waals surface area contributed by atoms with Crippen LogP contribution in [0.1, 0.15) is 0 Å². The van der Waals surface area contributed by atoms with Crippen LogP contribution in [0.3, 0.4) is 0 Å². The third kappa shape index (κ3) is 2.08. The Balaban J connectivity index is 1.69. The van der Waals surface area contributed by atoms with Crippen LogP contribution in [0.4, 0.5) is 4.39 Å². The number of ether oxygens (including phenoxy) is 1. The standard InChI is InChI=1S/C13H9ClFN7O2/c14-6-4-7-9(19-21-18-7)8(5-6)24-12(23)13(16)10(15)11-17-2-1-3-22(11)20-13/h1-5,20H,16H2,(H,18,19,21). The van der Waals surface area contributed by atoms with Gasteiger partial charge in [0.05, 0.1) is 0 Å². The van der Waals surface area contributed by atoms with Crippen LogP contribution in [0.15, 0.2) is 41.0 Å². The summed E-state index contributed by atoms with van der Waals surface area (Å²) < 4.78 is 19.8. The van der Waals surface area contributed by atoms with E-state index >= 15 is 0 Å². The molecule has 0 amide bonds. The van der Waals surface area contributed by atoms with Gasteiger partial charge in [-0.1, -0.05) is 11.6 Å². The Morgan fingerprint density at radius 2 is 2.25 bits per heavy atom. The first-order valence-corrected chi connectivity index (χ1v) is 7.06. The van der Waals surface area contributed by atoms with Crippen molar-refractivity contribution in [3.8, 4) is 5.75 Å². The van der Waals surface area contributed by atoms with Gasteiger partial charge in [-0.25, -0.2) is 14.2 Å². The van der Waals surface area contributed by atoms with Crippen LogP contribution in [-0.4, -0.2) is 38.3 Å². The normalized spacial score (nSPS) is 22.4. The number of hydrogen-bond donors (Lipinski definition) is 3. The number of benzene rings is 1. The molecule has 0 saturated carbocycles. The first kappa shape index (κ1) is 14.8. The van der Waals surface area contributed by atoms with Gasteiger partial charge < -0.3 is 4.74 Å². The Morgan fingerprint density at radius 1 is 1.42 bits per heavy atom. The van der Waals surface area contributed by atoms with Crippen molar-refractivity contribution in [2.75, 3.05) is 0 Å². The summed E-state index contributed by atoms with van der Waals surface area (Å²) in [6, 6.07) is 2.89. The molecule has 24 heavy (non-hydrogen) atoms. The minimum atomic E-state index is -2.22. The highest BCUT2D eigenvalue weighted by molar-refractivity contribution is 6.31. The summed E-state index contributed by atoms with van der Waals surface area (Å²) in [5.74, 6) is -2.16. The molecule has 0 spiro atoms. The number of carbonyl (C=O) groups is 1. The number of fused-ring (bicyclic) bond motifs is 2. The number of nitrogens with one attached hydrogen (secondary N) is 2. The lowest BCUT2D eigenvalue weighted by atomic mass is 10.1. The largest absolute Gasteiger partial charge is 0.421 e. The molecule has 4 rings (SSSR count). The molecular formula is C13H9ClFN7O2. The SMILES string of the molecule is NC1(C(=O)Oc2cc(Cl)cc3n[nH]nc23)NN2C=CC=NC2=C1F. The molecule has 122 valence electrons. The molecule has 1 unspecified atom stereocenters. The number of aliphatic imine (C=N–C) groups is 1. The van der Waals surface area contributed by atoms with Crippen molar-refractivity contribution in [1.29, 1.82) is 0 Å². The second-order valence-electron chi connectivity index (χ2n) is 5.03. The zero-order chi connectivity index (χ0) is 16.9. The van der Waals surface area contributed by atoms with E-state index in [1.165, 1.54) is 29.6 Å². The fraction of sp³-hybridized carbons (Fsp3) is 0.0769. The Labute approximate surface area is 138 Å². The molecule has 0 aliphatic carbocycles. The number of esters is 1. The highest BCUT2D eigenvalue weighted by atomic mass is 35.5. The predicted octanol–water partition coefficient (Wildman–Crippen LogP) is 0.729. The van der Waals surface area contributed by atoms with Gasteiger partial charge in [0.1, 0.15) is 5.52 Å². The first-order valence-electron chi connectivity index (χ1n) is 6.68. The van der Waals surface area contributed by atoms with Crippen molar-refractivity contribution >= 4 is 34.8 Å². The van der Waals surface area contributed by atoms with Gasteiger partial charge in [-0.2, -0.15) is 20.8 Å². The van der Waals surface area contributed by atoms with Crippen molar-refractivity contribution < 1.29 is 13.9 Å². The Hall–Kier alpha value is -2.82. The maximum atomic E-state index is 14.5. The lowest BCUT2D eigenvalue weighted by molar-refractivity contribution is -0.141. The van der Waals surface area contributed by atoms with Crippen molar-refractivity contribution in [1.82, 2.24) is 25.8 Å². The molecule has 1 atom stereocenters. The molecule has 1 aromatic heterocycles. The van der Waals surface area contributed by atoms with Gasteiger partial charge in [-0.15, -0.1) is 0 Å². The average molecular weight is 350 g/mol. The first-order chi connectivity index (χ1) is 11.5. The highest BCUT2D eigenvalue weighted by Gasteiger charge is 2.51. The third-order valence-electron chi connectivity index (χ3n) is 3.46. The van der Waals surface area contributed by atoms with Gasteiger partial charge in [-0.05, 0) is 12.1 Å². The molecule has 0 saturated heterocycles. The van der Waals surface area contributed by atoms with Crippen LogP contribution in [0, 0.1) is 0 Å².